The van der Waals surface area contributed by atoms with Crippen molar-refractivity contribution in [1.82, 2.24) is 0 Å². The van der Waals surface area contributed by atoms with Crippen LogP contribution in [0.1, 0.15) is 33.6 Å². The van der Waals surface area contributed by atoms with E-state index < -0.39 is 8.56 Å². The van der Waals surface area contributed by atoms with Crippen LogP contribution in [0.4, 0.5) is 0 Å². The van der Waals surface area contributed by atoms with Crippen molar-refractivity contribution in [2.45, 2.75) is 39.7 Å². The Morgan fingerprint density at radius 3 is 2.00 bits per heavy atom. The third-order valence-corrected chi connectivity index (χ3v) is 5.24. The maximum Gasteiger partial charge on any atom is 0.361 e. The fraction of sp³-hybridized carbons (Fsp3) is 0.900. The van der Waals surface area contributed by atoms with Gasteiger partial charge in [0.1, 0.15) is 0 Å². The Labute approximate surface area is 92.9 Å². The highest BCUT2D eigenvalue weighted by Crippen LogP contribution is 2.14. The molecule has 0 aromatic rings. The second-order valence-corrected chi connectivity index (χ2v) is 6.79. The van der Waals surface area contributed by atoms with E-state index in [9.17, 15) is 4.79 Å². The first-order chi connectivity index (χ1) is 7.24. The minimum Gasteiger partial charge on any atom is -0.393 e. The van der Waals surface area contributed by atoms with E-state index in [0.29, 0.717) is 19.4 Å². The van der Waals surface area contributed by atoms with Crippen molar-refractivity contribution in [2.75, 3.05) is 19.4 Å². The summed E-state index contributed by atoms with van der Waals surface area (Å²) in [5.41, 5.74) is 0. The lowest BCUT2D eigenvalue weighted by Gasteiger charge is -2.27. The van der Waals surface area contributed by atoms with Crippen LogP contribution >= 0.6 is 0 Å². The zero-order chi connectivity index (χ0) is 11.6. The van der Waals surface area contributed by atoms with Gasteiger partial charge in [0.2, 0.25) is 6.08 Å². The normalized spacial score (nSPS) is 11.1. The van der Waals surface area contributed by atoms with Gasteiger partial charge in [-0.3, -0.25) is 0 Å². The Bertz CT molecular complexity index is 197. The smallest absolute Gasteiger partial charge is 0.361 e. The average molecular weight is 231 g/mol. The largest absolute Gasteiger partial charge is 0.393 e. The van der Waals surface area contributed by atoms with E-state index in [0.717, 1.165) is 18.9 Å². The number of hydrogen-bond acceptors (Lipinski definition) is 4. The second kappa shape index (κ2) is 8.80. The molecule has 0 fully saturated rings. The maximum atomic E-state index is 10.1. The third kappa shape index (κ3) is 5.84. The summed E-state index contributed by atoms with van der Waals surface area (Å²) in [6, 6.07) is 0.818. The van der Waals surface area contributed by atoms with Gasteiger partial charge in [0.25, 0.3) is 0 Å². The first kappa shape index (κ1) is 14.5. The Hall–Kier alpha value is -0.483. The molecular weight excluding hydrogens is 210 g/mol. The van der Waals surface area contributed by atoms with Crippen LogP contribution in [0.3, 0.4) is 0 Å². The summed E-state index contributed by atoms with van der Waals surface area (Å²) in [5.74, 6) is 0. The van der Waals surface area contributed by atoms with Crippen molar-refractivity contribution < 1.29 is 13.6 Å². The Kier molecular flexibility index (Phi) is 8.51. The Morgan fingerprint density at radius 2 is 1.67 bits per heavy atom. The van der Waals surface area contributed by atoms with Crippen molar-refractivity contribution >= 4 is 14.6 Å². The first-order valence-corrected chi connectivity index (χ1v) is 7.79. The van der Waals surface area contributed by atoms with Crippen LogP contribution in [0, 0.1) is 0 Å². The van der Waals surface area contributed by atoms with E-state index >= 15 is 0 Å². The van der Waals surface area contributed by atoms with E-state index in [2.05, 4.69) is 18.8 Å². The molecule has 0 radical (unpaired) electrons. The number of carbonyl (C=O) groups excluding carboxylic acids is 1. The summed E-state index contributed by atoms with van der Waals surface area (Å²) in [5, 5.41) is 0. The third-order valence-electron chi connectivity index (χ3n) is 2.06. The fourth-order valence-corrected chi connectivity index (χ4v) is 3.53. The summed E-state index contributed by atoms with van der Waals surface area (Å²) < 4.78 is 11.6. The average Bonchev–Trinajstić information content (AvgIpc) is 2.29. The monoisotopic (exact) mass is 231 g/mol. The summed E-state index contributed by atoms with van der Waals surface area (Å²) in [7, 11) is -2.26. The van der Waals surface area contributed by atoms with Crippen LogP contribution in [0.15, 0.2) is 4.99 Å². The quantitative estimate of drug-likeness (QED) is 0.347. The zero-order valence-electron chi connectivity index (χ0n) is 9.91. The molecular formula is C10H21NO3Si. The Balaban J connectivity index is 4.35. The van der Waals surface area contributed by atoms with Crippen LogP contribution in [-0.2, 0) is 13.6 Å². The van der Waals surface area contributed by atoms with E-state index in [-0.39, 0.29) is 0 Å². The minimum atomic E-state index is -2.26. The molecule has 0 saturated heterocycles. The summed E-state index contributed by atoms with van der Waals surface area (Å²) >= 11 is 0. The molecule has 0 aromatic carbocycles. The van der Waals surface area contributed by atoms with Gasteiger partial charge in [-0.1, -0.05) is 20.8 Å². The van der Waals surface area contributed by atoms with Crippen molar-refractivity contribution in [3.63, 3.8) is 0 Å². The van der Waals surface area contributed by atoms with Crippen LogP contribution < -0.4 is 0 Å². The molecule has 0 aliphatic carbocycles. The second-order valence-electron chi connectivity index (χ2n) is 3.37. The minimum absolute atomic E-state index is 0.368. The van der Waals surface area contributed by atoms with Crippen LogP contribution in [-0.4, -0.2) is 34.0 Å². The van der Waals surface area contributed by atoms with Crippen LogP contribution in [0.2, 0.25) is 6.04 Å². The molecule has 0 atom stereocenters. The number of rotatable bonds is 9. The standard InChI is InChI=1S/C10H21NO3Si/c1-4-7-13-15(6-3,10-11-9-12)14-8-5-2/h4-8,10H2,1-3H3. The van der Waals surface area contributed by atoms with Crippen molar-refractivity contribution in [1.29, 1.82) is 0 Å². The number of isocyanates is 1. The van der Waals surface area contributed by atoms with Crippen molar-refractivity contribution in [3.05, 3.63) is 0 Å². The molecule has 4 nitrogen and oxygen atoms in total. The molecule has 0 aromatic heterocycles. The van der Waals surface area contributed by atoms with E-state index in [4.69, 9.17) is 8.85 Å². The highest BCUT2D eigenvalue weighted by molar-refractivity contribution is 6.67. The highest BCUT2D eigenvalue weighted by Gasteiger charge is 2.35. The predicted molar refractivity (Wildman–Crippen MR) is 61.7 cm³/mol. The number of nitrogens with zero attached hydrogens (tertiary/aromatic N) is 1. The van der Waals surface area contributed by atoms with Gasteiger partial charge < -0.3 is 8.85 Å². The molecule has 0 amide bonds. The molecule has 88 valence electrons. The van der Waals surface area contributed by atoms with Gasteiger partial charge in [0.15, 0.2) is 0 Å². The van der Waals surface area contributed by atoms with E-state index in [1.165, 1.54) is 0 Å². The summed E-state index contributed by atoms with van der Waals surface area (Å²) in [6.07, 6.45) is 3.83. The predicted octanol–water partition coefficient (Wildman–Crippen LogP) is 2.18. The van der Waals surface area contributed by atoms with Crippen LogP contribution in [0.25, 0.3) is 0 Å². The number of hydrogen-bond donors (Lipinski definition) is 0. The van der Waals surface area contributed by atoms with Gasteiger partial charge in [-0.05, 0) is 18.9 Å². The molecule has 0 bridgehead atoms. The highest BCUT2D eigenvalue weighted by atomic mass is 28.4. The first-order valence-electron chi connectivity index (χ1n) is 5.56. The molecule has 5 heteroatoms. The van der Waals surface area contributed by atoms with Crippen molar-refractivity contribution in [3.8, 4) is 0 Å². The molecule has 0 aliphatic rings. The molecule has 0 N–H and O–H groups in total. The van der Waals surface area contributed by atoms with Gasteiger partial charge in [-0.15, -0.1) is 0 Å². The summed E-state index contributed by atoms with van der Waals surface area (Å²) in [4.78, 5) is 13.8. The lowest BCUT2D eigenvalue weighted by Crippen LogP contribution is -2.45. The SMILES string of the molecule is CCCO[Si](CC)(CN=C=O)OCCC. The molecule has 15 heavy (non-hydrogen) atoms. The van der Waals surface area contributed by atoms with Crippen LogP contribution in [0.5, 0.6) is 0 Å². The van der Waals surface area contributed by atoms with Gasteiger partial charge in [-0.2, -0.15) is 0 Å². The Morgan fingerprint density at radius 1 is 1.13 bits per heavy atom. The molecule has 0 spiro atoms. The summed E-state index contributed by atoms with van der Waals surface area (Å²) in [6.45, 7) is 7.49. The molecule has 0 rings (SSSR count). The lowest BCUT2D eigenvalue weighted by molar-refractivity contribution is 0.169. The maximum absolute atomic E-state index is 10.1. The van der Waals surface area contributed by atoms with Gasteiger partial charge in [0, 0.05) is 13.2 Å². The molecule has 0 aliphatic heterocycles. The fourth-order valence-electron chi connectivity index (χ4n) is 1.18. The molecule has 0 saturated carbocycles. The van der Waals surface area contributed by atoms with Gasteiger partial charge in [0.05, 0.1) is 6.17 Å². The zero-order valence-corrected chi connectivity index (χ0v) is 10.9. The van der Waals surface area contributed by atoms with Gasteiger partial charge >= 0.3 is 8.56 Å². The van der Waals surface area contributed by atoms with Gasteiger partial charge in [-0.25, -0.2) is 9.79 Å². The van der Waals surface area contributed by atoms with E-state index in [1.807, 2.05) is 6.92 Å². The molecule has 0 unspecified atom stereocenters. The molecule has 0 heterocycles. The number of aliphatic imine (C=N–C) groups is 1. The van der Waals surface area contributed by atoms with E-state index in [1.54, 1.807) is 6.08 Å². The lowest BCUT2D eigenvalue weighted by atomic mass is 10.5. The van der Waals surface area contributed by atoms with Crippen molar-refractivity contribution in [2.24, 2.45) is 4.99 Å². The topological polar surface area (TPSA) is 47.9 Å².